The van der Waals surface area contributed by atoms with E-state index in [4.69, 9.17) is 34.8 Å². The van der Waals surface area contributed by atoms with Crippen LogP contribution in [-0.4, -0.2) is 32.1 Å². The van der Waals surface area contributed by atoms with Crippen LogP contribution in [0.15, 0.2) is 41.1 Å². The summed E-state index contributed by atoms with van der Waals surface area (Å²) in [7, 11) is 0. The summed E-state index contributed by atoms with van der Waals surface area (Å²) in [5.74, 6) is -0.653. The highest BCUT2D eigenvalue weighted by Gasteiger charge is 2.39. The van der Waals surface area contributed by atoms with E-state index >= 15 is 0 Å². The van der Waals surface area contributed by atoms with Crippen molar-refractivity contribution in [2.45, 2.75) is 25.3 Å². The van der Waals surface area contributed by atoms with Crippen LogP contribution in [0.3, 0.4) is 0 Å². The number of rotatable bonds is 5. The third-order valence-electron chi connectivity index (χ3n) is 4.81. The molecule has 2 aromatic heterocycles. The molecule has 1 aliphatic carbocycles. The summed E-state index contributed by atoms with van der Waals surface area (Å²) in [6.45, 7) is 1.95. The summed E-state index contributed by atoms with van der Waals surface area (Å²) < 4.78 is 1.71. The van der Waals surface area contributed by atoms with Crippen molar-refractivity contribution >= 4 is 68.2 Å². The van der Waals surface area contributed by atoms with Crippen LogP contribution in [0.5, 0.6) is 0 Å². The number of carbonyl (C=O) groups is 2. The topological polar surface area (TPSA) is 88.9 Å². The number of hydrogen-bond acceptors (Lipinski definition) is 4. The monoisotopic (exact) mass is 541 g/mol. The minimum Gasteiger partial charge on any atom is -0.347 e. The quantitative estimate of drug-likeness (QED) is 0.443. The van der Waals surface area contributed by atoms with Crippen LogP contribution in [0.25, 0.3) is 5.82 Å². The predicted octanol–water partition coefficient (Wildman–Crippen LogP) is 5.52. The fourth-order valence-corrected chi connectivity index (χ4v) is 4.04. The van der Waals surface area contributed by atoms with E-state index in [1.807, 2.05) is 6.92 Å². The third kappa shape index (κ3) is 4.72. The summed E-state index contributed by atoms with van der Waals surface area (Å²) >= 11 is 21.9. The number of pyridine rings is 1. The maximum Gasteiger partial charge on any atom is 0.274 e. The van der Waals surface area contributed by atoms with Crippen molar-refractivity contribution in [2.75, 3.05) is 5.32 Å². The lowest BCUT2D eigenvalue weighted by atomic mass is 10.1. The second-order valence-corrected chi connectivity index (χ2v) is 9.42. The van der Waals surface area contributed by atoms with Crippen molar-refractivity contribution in [3.05, 3.63) is 67.5 Å². The van der Waals surface area contributed by atoms with Gasteiger partial charge < -0.3 is 10.6 Å². The molecule has 31 heavy (non-hydrogen) atoms. The number of anilines is 1. The van der Waals surface area contributed by atoms with Gasteiger partial charge in [0.05, 0.1) is 21.3 Å². The summed E-state index contributed by atoms with van der Waals surface area (Å²) in [5, 5.41) is 10.6. The van der Waals surface area contributed by atoms with Crippen LogP contribution in [0, 0.1) is 0 Å². The van der Waals surface area contributed by atoms with Crippen molar-refractivity contribution < 1.29 is 9.59 Å². The lowest BCUT2D eigenvalue weighted by molar-refractivity contribution is 0.0936. The average molecular weight is 544 g/mol. The molecule has 0 unspecified atom stereocenters. The molecule has 0 radical (unpaired) electrons. The minimum absolute atomic E-state index is 0.132. The van der Waals surface area contributed by atoms with E-state index in [2.05, 4.69) is 36.6 Å². The fourth-order valence-electron chi connectivity index (χ4n) is 2.92. The highest BCUT2D eigenvalue weighted by molar-refractivity contribution is 9.10. The Hall–Kier alpha value is -2.13. The molecule has 0 atom stereocenters. The smallest absolute Gasteiger partial charge is 0.274 e. The molecule has 160 valence electrons. The molecule has 0 saturated heterocycles. The summed E-state index contributed by atoms with van der Waals surface area (Å²) in [6.07, 6.45) is 3.30. The van der Waals surface area contributed by atoms with Gasteiger partial charge in [0.2, 0.25) is 0 Å². The molecule has 2 amide bonds. The summed E-state index contributed by atoms with van der Waals surface area (Å²) in [4.78, 5) is 30.2. The van der Waals surface area contributed by atoms with E-state index in [-0.39, 0.29) is 44.3 Å². The zero-order valence-corrected chi connectivity index (χ0v) is 19.9. The molecule has 3 aromatic rings. The average Bonchev–Trinajstić information content (AvgIpc) is 3.29. The van der Waals surface area contributed by atoms with Gasteiger partial charge in [0.15, 0.2) is 5.82 Å². The van der Waals surface area contributed by atoms with Crippen molar-refractivity contribution in [2.24, 2.45) is 0 Å². The van der Waals surface area contributed by atoms with Crippen LogP contribution < -0.4 is 10.6 Å². The zero-order chi connectivity index (χ0) is 22.3. The maximum atomic E-state index is 13.2. The molecule has 1 aliphatic rings. The van der Waals surface area contributed by atoms with E-state index in [1.165, 1.54) is 29.1 Å². The van der Waals surface area contributed by atoms with Crippen LogP contribution in [0.2, 0.25) is 15.1 Å². The second-order valence-electron chi connectivity index (χ2n) is 7.35. The first-order chi connectivity index (χ1) is 14.7. The van der Waals surface area contributed by atoms with Gasteiger partial charge in [-0.2, -0.15) is 5.10 Å². The third-order valence-corrected chi connectivity index (χ3v) is 6.00. The Morgan fingerprint density at radius 3 is 2.55 bits per heavy atom. The van der Waals surface area contributed by atoms with E-state index in [0.717, 1.165) is 12.8 Å². The van der Waals surface area contributed by atoms with E-state index in [0.29, 0.717) is 9.63 Å². The molecule has 11 heteroatoms. The molecule has 1 saturated carbocycles. The minimum atomic E-state index is -0.559. The summed E-state index contributed by atoms with van der Waals surface area (Å²) in [6, 6.07) is 7.74. The highest BCUT2D eigenvalue weighted by atomic mass is 79.9. The van der Waals surface area contributed by atoms with Gasteiger partial charge in [-0.15, -0.1) is 0 Å². The molecule has 0 bridgehead atoms. The molecule has 1 aromatic carbocycles. The first kappa shape index (κ1) is 22.1. The number of nitrogens with zero attached hydrogens (tertiary/aromatic N) is 3. The number of aromatic nitrogens is 3. The molecular weight excluding hydrogens is 529 g/mol. The second kappa shape index (κ2) is 8.43. The number of halogens is 4. The SMILES string of the molecule is CC1(NC(=O)c2cc(Cl)cc(Cl)c2NC(=O)c2cc(Br)nn2-c2ncccc2Cl)CC1. The molecular formula is C20H15BrCl3N5O2. The van der Waals surface area contributed by atoms with Crippen LogP contribution in [0.1, 0.15) is 40.6 Å². The first-order valence-electron chi connectivity index (χ1n) is 9.16. The predicted molar refractivity (Wildman–Crippen MR) is 124 cm³/mol. The molecule has 1 fully saturated rings. The summed E-state index contributed by atoms with van der Waals surface area (Å²) in [5.41, 5.74) is 0.194. The Balaban J connectivity index is 1.70. The normalized spacial score (nSPS) is 14.2. The molecule has 2 N–H and O–H groups in total. The van der Waals surface area contributed by atoms with Crippen molar-refractivity contribution in [1.29, 1.82) is 0 Å². The van der Waals surface area contributed by atoms with Crippen LogP contribution in [-0.2, 0) is 0 Å². The fraction of sp³-hybridized carbons (Fsp3) is 0.200. The van der Waals surface area contributed by atoms with Gasteiger partial charge >= 0.3 is 0 Å². The van der Waals surface area contributed by atoms with Gasteiger partial charge in [-0.05, 0) is 60.0 Å². The van der Waals surface area contributed by atoms with Gasteiger partial charge in [-0.1, -0.05) is 34.8 Å². The molecule has 0 spiro atoms. The number of benzene rings is 1. The lowest BCUT2D eigenvalue weighted by Gasteiger charge is -2.17. The Morgan fingerprint density at radius 2 is 1.87 bits per heavy atom. The van der Waals surface area contributed by atoms with Crippen LogP contribution in [0.4, 0.5) is 5.69 Å². The number of carbonyl (C=O) groups excluding carboxylic acids is 2. The van der Waals surface area contributed by atoms with Gasteiger partial charge in [-0.3, -0.25) is 9.59 Å². The van der Waals surface area contributed by atoms with E-state index in [9.17, 15) is 9.59 Å². The maximum absolute atomic E-state index is 13.2. The number of hydrogen-bond donors (Lipinski definition) is 2. The Bertz CT molecular complexity index is 1210. The van der Waals surface area contributed by atoms with E-state index < -0.39 is 5.91 Å². The van der Waals surface area contributed by atoms with Crippen molar-refractivity contribution in [3.8, 4) is 5.82 Å². The van der Waals surface area contributed by atoms with Crippen LogP contribution >= 0.6 is 50.7 Å². The Kier molecular flexibility index (Phi) is 6.00. The highest BCUT2D eigenvalue weighted by Crippen LogP contribution is 2.36. The number of nitrogens with one attached hydrogen (secondary N) is 2. The van der Waals surface area contributed by atoms with Crippen molar-refractivity contribution in [3.63, 3.8) is 0 Å². The Labute approximate surface area is 201 Å². The van der Waals surface area contributed by atoms with Crippen molar-refractivity contribution in [1.82, 2.24) is 20.1 Å². The first-order valence-corrected chi connectivity index (χ1v) is 11.1. The molecule has 7 nitrogen and oxygen atoms in total. The van der Waals surface area contributed by atoms with Gasteiger partial charge in [-0.25, -0.2) is 9.67 Å². The molecule has 0 aliphatic heterocycles. The largest absolute Gasteiger partial charge is 0.347 e. The van der Waals surface area contributed by atoms with Gasteiger partial charge in [0.1, 0.15) is 10.3 Å². The molecule has 4 rings (SSSR count). The van der Waals surface area contributed by atoms with Gasteiger partial charge in [0, 0.05) is 22.8 Å². The standard InChI is InChI=1S/C20H15BrCl3N5O2/c1-20(4-5-20)27-18(30)11-7-10(22)8-13(24)16(11)26-19(31)14-9-15(21)28-29(14)17-12(23)3-2-6-25-17/h2-3,6-9H,4-5H2,1H3,(H,26,31)(H,27,30). The zero-order valence-electron chi connectivity index (χ0n) is 16.0. The van der Waals surface area contributed by atoms with Gasteiger partial charge in [0.25, 0.3) is 11.8 Å². The van der Waals surface area contributed by atoms with E-state index in [1.54, 1.807) is 12.1 Å². The Morgan fingerprint density at radius 1 is 1.13 bits per heavy atom. The number of amides is 2. The lowest BCUT2D eigenvalue weighted by Crippen LogP contribution is -2.35. The molecule has 2 heterocycles.